The molecule has 1 heterocycles. The van der Waals surface area contributed by atoms with Gasteiger partial charge in [-0.1, -0.05) is 0 Å². The van der Waals surface area contributed by atoms with E-state index >= 15 is 0 Å². The number of carboxylic acids is 1. The molecule has 0 amide bonds. The number of hydrogen-bond donors (Lipinski definition) is 1. The molecule has 18 heavy (non-hydrogen) atoms. The first-order valence-electron chi connectivity index (χ1n) is 5.65. The molecule has 100 valence electrons. The number of sulfonamides is 1. The number of thiophene rings is 1. The van der Waals surface area contributed by atoms with Crippen LogP contribution in [-0.4, -0.2) is 36.9 Å². The number of nitrogens with zero attached hydrogens (tertiary/aromatic N) is 1. The summed E-state index contributed by atoms with van der Waals surface area (Å²) in [6, 6.07) is 2.65. The predicted molar refractivity (Wildman–Crippen MR) is 68.4 cm³/mol. The maximum atomic E-state index is 12.3. The lowest BCUT2D eigenvalue weighted by molar-refractivity contribution is 0.0702. The minimum absolute atomic E-state index is 0.0367. The molecule has 1 aliphatic rings. The summed E-state index contributed by atoms with van der Waals surface area (Å²) >= 11 is 0.797. The molecule has 0 aromatic carbocycles. The van der Waals surface area contributed by atoms with Gasteiger partial charge in [0.25, 0.3) is 10.0 Å². The van der Waals surface area contributed by atoms with Crippen LogP contribution in [0.2, 0.25) is 0 Å². The van der Waals surface area contributed by atoms with Gasteiger partial charge in [0.1, 0.15) is 9.09 Å². The van der Waals surface area contributed by atoms with Crippen molar-refractivity contribution in [1.82, 2.24) is 4.31 Å². The lowest BCUT2D eigenvalue weighted by Crippen LogP contribution is -2.36. The van der Waals surface area contributed by atoms with Crippen LogP contribution in [0.25, 0.3) is 0 Å². The molecule has 1 fully saturated rings. The second-order valence-corrected chi connectivity index (χ2v) is 7.83. The van der Waals surface area contributed by atoms with Gasteiger partial charge in [-0.05, 0) is 37.8 Å². The SMILES string of the molecule is CC(C1CC1)N(C)S(=O)(=O)c1ccc(C(=O)O)s1. The molecule has 2 rings (SSSR count). The first-order chi connectivity index (χ1) is 8.34. The van der Waals surface area contributed by atoms with Gasteiger partial charge >= 0.3 is 5.97 Å². The van der Waals surface area contributed by atoms with Gasteiger partial charge in [-0.2, -0.15) is 4.31 Å². The van der Waals surface area contributed by atoms with Gasteiger partial charge in [-0.25, -0.2) is 13.2 Å². The summed E-state index contributed by atoms with van der Waals surface area (Å²) in [6.07, 6.45) is 2.12. The predicted octanol–water partition coefficient (Wildman–Crippen LogP) is 1.87. The highest BCUT2D eigenvalue weighted by atomic mass is 32.2. The summed E-state index contributed by atoms with van der Waals surface area (Å²) in [7, 11) is -2.01. The van der Waals surface area contributed by atoms with Crippen LogP contribution in [-0.2, 0) is 10.0 Å². The van der Waals surface area contributed by atoms with Crippen LogP contribution < -0.4 is 0 Å². The molecule has 0 aliphatic heterocycles. The van der Waals surface area contributed by atoms with E-state index in [0.29, 0.717) is 5.92 Å². The second-order valence-electron chi connectivity index (χ2n) is 4.52. The fourth-order valence-corrected chi connectivity index (χ4v) is 4.56. The molecular formula is C11H15NO4S2. The van der Waals surface area contributed by atoms with Gasteiger partial charge in [0.05, 0.1) is 0 Å². The Labute approximate surface area is 110 Å². The Hall–Kier alpha value is -0.920. The fraction of sp³-hybridized carbons (Fsp3) is 0.545. The van der Waals surface area contributed by atoms with Gasteiger partial charge in [-0.15, -0.1) is 11.3 Å². The third kappa shape index (κ3) is 2.43. The van der Waals surface area contributed by atoms with Crippen LogP contribution >= 0.6 is 11.3 Å². The molecule has 0 bridgehead atoms. The average molecular weight is 289 g/mol. The van der Waals surface area contributed by atoms with Crippen molar-refractivity contribution in [3.05, 3.63) is 17.0 Å². The van der Waals surface area contributed by atoms with Gasteiger partial charge in [0, 0.05) is 13.1 Å². The van der Waals surface area contributed by atoms with Crippen molar-refractivity contribution in [2.75, 3.05) is 7.05 Å². The van der Waals surface area contributed by atoms with Crippen molar-refractivity contribution in [3.63, 3.8) is 0 Å². The molecule has 0 saturated heterocycles. The van der Waals surface area contributed by atoms with E-state index in [0.717, 1.165) is 24.2 Å². The Bertz CT molecular complexity index is 559. The molecule has 5 nitrogen and oxygen atoms in total. The summed E-state index contributed by atoms with van der Waals surface area (Å²) in [4.78, 5) is 10.8. The average Bonchev–Trinajstić information content (AvgIpc) is 3.02. The Kier molecular flexibility index (Phi) is 3.48. The van der Waals surface area contributed by atoms with Crippen molar-refractivity contribution in [2.45, 2.75) is 30.0 Å². The van der Waals surface area contributed by atoms with E-state index in [9.17, 15) is 13.2 Å². The first kappa shape index (κ1) is 13.5. The minimum atomic E-state index is -3.57. The summed E-state index contributed by atoms with van der Waals surface area (Å²) in [6.45, 7) is 1.89. The largest absolute Gasteiger partial charge is 0.477 e. The zero-order valence-electron chi connectivity index (χ0n) is 10.2. The number of carbonyl (C=O) groups is 1. The summed E-state index contributed by atoms with van der Waals surface area (Å²) in [5, 5.41) is 8.81. The summed E-state index contributed by atoms with van der Waals surface area (Å²) < 4.78 is 26.0. The lowest BCUT2D eigenvalue weighted by atomic mass is 10.2. The molecular weight excluding hydrogens is 274 g/mol. The van der Waals surface area contributed by atoms with Crippen LogP contribution in [0.4, 0.5) is 0 Å². The Morgan fingerprint density at radius 1 is 1.50 bits per heavy atom. The molecule has 1 N–H and O–H groups in total. The van der Waals surface area contributed by atoms with E-state index in [-0.39, 0.29) is 15.1 Å². The second kappa shape index (κ2) is 4.64. The van der Waals surface area contributed by atoms with E-state index in [1.165, 1.54) is 16.4 Å². The van der Waals surface area contributed by atoms with E-state index < -0.39 is 16.0 Å². The Balaban J connectivity index is 2.26. The van der Waals surface area contributed by atoms with E-state index in [1.807, 2.05) is 6.92 Å². The molecule has 0 radical (unpaired) electrons. The van der Waals surface area contributed by atoms with Crippen molar-refractivity contribution < 1.29 is 18.3 Å². The van der Waals surface area contributed by atoms with Crippen LogP contribution in [0.15, 0.2) is 16.3 Å². The number of hydrogen-bond acceptors (Lipinski definition) is 4. The highest BCUT2D eigenvalue weighted by molar-refractivity contribution is 7.91. The van der Waals surface area contributed by atoms with Gasteiger partial charge in [-0.3, -0.25) is 0 Å². The zero-order valence-corrected chi connectivity index (χ0v) is 11.8. The van der Waals surface area contributed by atoms with Crippen molar-refractivity contribution >= 4 is 27.3 Å². The molecule has 1 aliphatic carbocycles. The number of aromatic carboxylic acids is 1. The highest BCUT2D eigenvalue weighted by Gasteiger charge is 2.36. The highest BCUT2D eigenvalue weighted by Crippen LogP contribution is 2.37. The Morgan fingerprint density at radius 3 is 2.56 bits per heavy atom. The number of rotatable bonds is 5. The minimum Gasteiger partial charge on any atom is -0.477 e. The smallest absolute Gasteiger partial charge is 0.345 e. The molecule has 1 aromatic heterocycles. The van der Waals surface area contributed by atoms with Crippen LogP contribution in [0.1, 0.15) is 29.4 Å². The lowest BCUT2D eigenvalue weighted by Gasteiger charge is -2.23. The maximum absolute atomic E-state index is 12.3. The maximum Gasteiger partial charge on any atom is 0.345 e. The number of carboxylic acid groups (broad SMARTS) is 1. The van der Waals surface area contributed by atoms with Crippen molar-refractivity contribution in [3.8, 4) is 0 Å². The van der Waals surface area contributed by atoms with Crippen molar-refractivity contribution in [1.29, 1.82) is 0 Å². The standard InChI is InChI=1S/C11H15NO4S2/c1-7(8-3-4-8)12(2)18(15,16)10-6-5-9(17-10)11(13)14/h5-8H,3-4H2,1-2H3,(H,13,14). The molecule has 1 unspecified atom stereocenters. The van der Waals surface area contributed by atoms with Crippen LogP contribution in [0.5, 0.6) is 0 Å². The topological polar surface area (TPSA) is 74.7 Å². The molecule has 0 spiro atoms. The molecule has 1 aromatic rings. The fourth-order valence-electron chi connectivity index (χ4n) is 1.81. The van der Waals surface area contributed by atoms with Crippen LogP contribution in [0.3, 0.4) is 0 Å². The summed E-state index contributed by atoms with van der Waals surface area (Å²) in [5.41, 5.74) is 0. The van der Waals surface area contributed by atoms with Gasteiger partial charge < -0.3 is 5.11 Å². The molecule has 7 heteroatoms. The monoisotopic (exact) mass is 289 g/mol. The van der Waals surface area contributed by atoms with E-state index in [4.69, 9.17) is 5.11 Å². The van der Waals surface area contributed by atoms with E-state index in [2.05, 4.69) is 0 Å². The molecule has 1 saturated carbocycles. The van der Waals surface area contributed by atoms with Crippen LogP contribution in [0, 0.1) is 5.92 Å². The van der Waals surface area contributed by atoms with E-state index in [1.54, 1.807) is 7.05 Å². The third-order valence-electron chi connectivity index (χ3n) is 3.30. The zero-order chi connectivity index (χ0) is 13.5. The normalized spacial score (nSPS) is 17.9. The first-order valence-corrected chi connectivity index (χ1v) is 7.91. The van der Waals surface area contributed by atoms with Crippen molar-refractivity contribution in [2.24, 2.45) is 5.92 Å². The Morgan fingerprint density at radius 2 is 2.11 bits per heavy atom. The van der Waals surface area contributed by atoms with Gasteiger partial charge in [0.15, 0.2) is 0 Å². The quantitative estimate of drug-likeness (QED) is 0.898. The van der Waals surface area contributed by atoms with Gasteiger partial charge in [0.2, 0.25) is 0 Å². The third-order valence-corrected chi connectivity index (χ3v) is 6.79. The summed E-state index contributed by atoms with van der Waals surface area (Å²) in [5.74, 6) is -0.664. The molecule has 1 atom stereocenters.